The Bertz CT molecular complexity index is 412. The van der Waals surface area contributed by atoms with Gasteiger partial charge in [-0.3, -0.25) is 4.79 Å². The highest BCUT2D eigenvalue weighted by Gasteiger charge is 2.10. The van der Waals surface area contributed by atoms with Gasteiger partial charge in [-0.2, -0.15) is 0 Å². The largest absolute Gasteiger partial charge is 0.396 e. The molecule has 0 aliphatic rings. The summed E-state index contributed by atoms with van der Waals surface area (Å²) in [5.41, 5.74) is 0.482. The molecule has 1 aromatic rings. The molecule has 1 amide bonds. The Morgan fingerprint density at radius 2 is 2.28 bits per heavy atom. The molecule has 0 aliphatic heterocycles. The van der Waals surface area contributed by atoms with E-state index < -0.39 is 0 Å². The van der Waals surface area contributed by atoms with Crippen molar-refractivity contribution in [1.82, 2.24) is 5.32 Å². The lowest BCUT2D eigenvalue weighted by molar-refractivity contribution is 0.0952. The Kier molecular flexibility index (Phi) is 6.68. The maximum atomic E-state index is 11.8. The molecule has 0 bridgehead atoms. The van der Waals surface area contributed by atoms with Gasteiger partial charge in [0.15, 0.2) is 0 Å². The highest BCUT2D eigenvalue weighted by Crippen LogP contribution is 2.21. The van der Waals surface area contributed by atoms with Crippen LogP contribution in [0.3, 0.4) is 0 Å². The molecule has 0 saturated heterocycles. The third-order valence-corrected chi connectivity index (χ3v) is 3.45. The van der Waals surface area contributed by atoms with Crippen LogP contribution >= 0.6 is 27.5 Å². The van der Waals surface area contributed by atoms with Gasteiger partial charge in [-0.15, -0.1) is 0 Å². The number of hydrogen-bond acceptors (Lipinski definition) is 2. The third kappa shape index (κ3) is 4.96. The van der Waals surface area contributed by atoms with E-state index in [1.165, 1.54) is 0 Å². The van der Waals surface area contributed by atoms with Crippen molar-refractivity contribution < 1.29 is 9.90 Å². The van der Waals surface area contributed by atoms with Crippen molar-refractivity contribution in [3.63, 3.8) is 0 Å². The number of hydrogen-bond donors (Lipinski definition) is 2. The van der Waals surface area contributed by atoms with E-state index in [-0.39, 0.29) is 18.4 Å². The quantitative estimate of drug-likeness (QED) is 0.785. The maximum Gasteiger partial charge on any atom is 0.252 e. The zero-order chi connectivity index (χ0) is 13.5. The Labute approximate surface area is 121 Å². The average Bonchev–Trinajstić information content (AvgIpc) is 2.34. The molecule has 100 valence electrons. The molecule has 5 heteroatoms. The first-order chi connectivity index (χ1) is 8.54. The number of nitrogens with one attached hydrogen (secondary N) is 1. The fourth-order valence-electron chi connectivity index (χ4n) is 1.51. The molecule has 1 atom stereocenters. The van der Waals surface area contributed by atoms with Crippen LogP contribution in [0.4, 0.5) is 0 Å². The van der Waals surface area contributed by atoms with Crippen molar-refractivity contribution in [1.29, 1.82) is 0 Å². The number of amides is 1. The highest BCUT2D eigenvalue weighted by molar-refractivity contribution is 9.10. The van der Waals surface area contributed by atoms with Crippen LogP contribution in [-0.4, -0.2) is 24.2 Å². The Morgan fingerprint density at radius 3 is 2.89 bits per heavy atom. The lowest BCUT2D eigenvalue weighted by Crippen LogP contribution is -2.25. The molecule has 1 rings (SSSR count). The van der Waals surface area contributed by atoms with Crippen LogP contribution in [0.5, 0.6) is 0 Å². The van der Waals surface area contributed by atoms with Gasteiger partial charge in [-0.25, -0.2) is 0 Å². The van der Waals surface area contributed by atoms with Crippen LogP contribution in [-0.2, 0) is 0 Å². The number of carbonyl (C=O) groups is 1. The molecule has 0 spiro atoms. The van der Waals surface area contributed by atoms with E-state index in [4.69, 9.17) is 16.7 Å². The minimum absolute atomic E-state index is 0.163. The molecule has 2 N–H and O–H groups in total. The predicted octanol–water partition coefficient (Wildman–Crippen LogP) is 3.24. The summed E-state index contributed by atoms with van der Waals surface area (Å²) >= 11 is 9.28. The second-order valence-electron chi connectivity index (χ2n) is 4.31. The van der Waals surface area contributed by atoms with Gasteiger partial charge >= 0.3 is 0 Å². The van der Waals surface area contributed by atoms with Gasteiger partial charge in [0, 0.05) is 17.6 Å². The molecule has 18 heavy (non-hydrogen) atoms. The zero-order valence-corrected chi connectivity index (χ0v) is 12.6. The van der Waals surface area contributed by atoms with Crippen molar-refractivity contribution >= 4 is 33.4 Å². The summed E-state index contributed by atoms with van der Waals surface area (Å²) in [5, 5.41) is 12.1. The van der Waals surface area contributed by atoms with Gasteiger partial charge in [0.25, 0.3) is 5.91 Å². The number of aliphatic hydroxyl groups is 1. The van der Waals surface area contributed by atoms with Crippen LogP contribution < -0.4 is 5.32 Å². The first kappa shape index (κ1) is 15.5. The summed E-state index contributed by atoms with van der Waals surface area (Å²) in [7, 11) is 0. The van der Waals surface area contributed by atoms with E-state index in [0.29, 0.717) is 17.1 Å². The van der Waals surface area contributed by atoms with E-state index in [0.717, 1.165) is 17.3 Å². The van der Waals surface area contributed by atoms with Crippen LogP contribution in [0.1, 0.15) is 30.1 Å². The lowest BCUT2D eigenvalue weighted by Gasteiger charge is -2.09. The fraction of sp³-hybridized carbons (Fsp3) is 0.462. The SMILES string of the molecule is CC(CO)CCCNC(=O)c1ccc(Br)cc1Cl. The van der Waals surface area contributed by atoms with Gasteiger partial charge in [0.1, 0.15) is 0 Å². The topological polar surface area (TPSA) is 49.3 Å². The van der Waals surface area contributed by atoms with Crippen LogP contribution in [0.2, 0.25) is 5.02 Å². The standard InChI is InChI=1S/C13H17BrClNO2/c1-9(8-17)3-2-6-16-13(18)11-5-4-10(14)7-12(11)15/h4-5,7,9,17H,2-3,6,8H2,1H3,(H,16,18). The molecule has 0 heterocycles. The maximum absolute atomic E-state index is 11.8. The van der Waals surface area contributed by atoms with Gasteiger partial charge < -0.3 is 10.4 Å². The van der Waals surface area contributed by atoms with E-state index in [1.807, 2.05) is 6.92 Å². The summed E-state index contributed by atoms with van der Waals surface area (Å²) in [6.45, 7) is 2.76. The second-order valence-corrected chi connectivity index (χ2v) is 5.63. The number of rotatable bonds is 6. The molecule has 3 nitrogen and oxygen atoms in total. The number of halogens is 2. The highest BCUT2D eigenvalue weighted by atomic mass is 79.9. The molecule has 1 unspecified atom stereocenters. The molecular weight excluding hydrogens is 318 g/mol. The van der Waals surface area contributed by atoms with Crippen molar-refractivity contribution in [2.75, 3.05) is 13.2 Å². The van der Waals surface area contributed by atoms with Gasteiger partial charge in [0.05, 0.1) is 10.6 Å². The second kappa shape index (κ2) is 7.77. The van der Waals surface area contributed by atoms with E-state index >= 15 is 0 Å². The third-order valence-electron chi connectivity index (χ3n) is 2.65. The van der Waals surface area contributed by atoms with E-state index in [1.54, 1.807) is 18.2 Å². The summed E-state index contributed by atoms with van der Waals surface area (Å²) in [6, 6.07) is 5.18. The average molecular weight is 335 g/mol. The number of benzene rings is 1. The minimum Gasteiger partial charge on any atom is -0.396 e. The lowest BCUT2D eigenvalue weighted by atomic mass is 10.1. The van der Waals surface area contributed by atoms with Crippen LogP contribution in [0, 0.1) is 5.92 Å². The molecule has 0 fully saturated rings. The first-order valence-electron chi connectivity index (χ1n) is 5.88. The van der Waals surface area contributed by atoms with Crippen LogP contribution in [0.25, 0.3) is 0 Å². The summed E-state index contributed by atoms with van der Waals surface area (Å²) in [4.78, 5) is 11.8. The molecule has 0 saturated carbocycles. The first-order valence-corrected chi connectivity index (χ1v) is 7.05. The zero-order valence-electron chi connectivity index (χ0n) is 10.2. The Hall–Kier alpha value is -0.580. The van der Waals surface area contributed by atoms with Crippen molar-refractivity contribution in [3.8, 4) is 0 Å². The monoisotopic (exact) mass is 333 g/mol. The van der Waals surface area contributed by atoms with Crippen LogP contribution in [0.15, 0.2) is 22.7 Å². The predicted molar refractivity (Wildman–Crippen MR) is 77.0 cm³/mol. The minimum atomic E-state index is -0.163. The van der Waals surface area contributed by atoms with E-state index in [9.17, 15) is 4.79 Å². The fourth-order valence-corrected chi connectivity index (χ4v) is 2.27. The summed E-state index contributed by atoms with van der Waals surface area (Å²) in [5.74, 6) is 0.113. The number of aliphatic hydroxyl groups excluding tert-OH is 1. The summed E-state index contributed by atoms with van der Waals surface area (Å²) < 4.78 is 0.848. The molecular formula is C13H17BrClNO2. The van der Waals surface area contributed by atoms with Crippen molar-refractivity contribution in [3.05, 3.63) is 33.3 Å². The molecule has 1 aromatic carbocycles. The number of carbonyl (C=O) groups excluding carboxylic acids is 1. The normalized spacial score (nSPS) is 12.2. The van der Waals surface area contributed by atoms with Crippen molar-refractivity contribution in [2.45, 2.75) is 19.8 Å². The summed E-state index contributed by atoms with van der Waals surface area (Å²) in [6.07, 6.45) is 1.74. The van der Waals surface area contributed by atoms with Crippen molar-refractivity contribution in [2.24, 2.45) is 5.92 Å². The Balaban J connectivity index is 2.41. The van der Waals surface area contributed by atoms with Gasteiger partial charge in [-0.05, 0) is 37.0 Å². The molecule has 0 aromatic heterocycles. The smallest absolute Gasteiger partial charge is 0.252 e. The molecule has 0 radical (unpaired) electrons. The Morgan fingerprint density at radius 1 is 1.56 bits per heavy atom. The van der Waals surface area contributed by atoms with E-state index in [2.05, 4.69) is 21.2 Å². The van der Waals surface area contributed by atoms with Gasteiger partial charge in [-0.1, -0.05) is 34.5 Å². The molecule has 0 aliphatic carbocycles. The van der Waals surface area contributed by atoms with Gasteiger partial charge in [0.2, 0.25) is 0 Å².